The predicted molar refractivity (Wildman–Crippen MR) is 54.8 cm³/mol. The van der Waals surface area contributed by atoms with Crippen LogP contribution in [-0.2, 0) is 9.53 Å². The van der Waals surface area contributed by atoms with Crippen molar-refractivity contribution < 1.29 is 9.53 Å². The zero-order valence-corrected chi connectivity index (χ0v) is 8.95. The van der Waals surface area contributed by atoms with E-state index in [0.717, 1.165) is 19.4 Å². The van der Waals surface area contributed by atoms with Crippen molar-refractivity contribution in [2.24, 2.45) is 5.73 Å². The fraction of sp³-hybridized carbons (Fsp3) is 0.900. The first kappa shape index (κ1) is 11.5. The van der Waals surface area contributed by atoms with Crippen LogP contribution in [0.3, 0.4) is 0 Å². The van der Waals surface area contributed by atoms with E-state index in [1.54, 1.807) is 0 Å². The minimum Gasteiger partial charge on any atom is -0.367 e. The van der Waals surface area contributed by atoms with Gasteiger partial charge in [-0.3, -0.25) is 4.79 Å². The minimum absolute atomic E-state index is 0.142. The quantitative estimate of drug-likeness (QED) is 0.690. The molecule has 1 rings (SSSR count). The van der Waals surface area contributed by atoms with Gasteiger partial charge in [-0.25, -0.2) is 0 Å². The number of hydrogen-bond donors (Lipinski definition) is 2. The molecular formula is C10H20N2O2. The van der Waals surface area contributed by atoms with E-state index in [4.69, 9.17) is 10.5 Å². The van der Waals surface area contributed by atoms with E-state index in [9.17, 15) is 4.79 Å². The zero-order valence-electron chi connectivity index (χ0n) is 8.95. The van der Waals surface area contributed by atoms with Crippen molar-refractivity contribution in [2.45, 2.75) is 51.4 Å². The number of carbonyl (C=O) groups is 1. The van der Waals surface area contributed by atoms with Crippen LogP contribution < -0.4 is 11.1 Å². The van der Waals surface area contributed by atoms with E-state index in [0.29, 0.717) is 12.5 Å². The van der Waals surface area contributed by atoms with Crippen LogP contribution in [0.4, 0.5) is 0 Å². The minimum atomic E-state index is -0.421. The molecule has 0 saturated carbocycles. The number of nitrogens with two attached hydrogens (primary N) is 1. The van der Waals surface area contributed by atoms with E-state index >= 15 is 0 Å². The maximum atomic E-state index is 10.9. The molecule has 4 heteroatoms. The number of ether oxygens (including phenoxy) is 1. The fourth-order valence-electron chi connectivity index (χ4n) is 1.69. The van der Waals surface area contributed by atoms with Crippen molar-refractivity contribution in [3.63, 3.8) is 0 Å². The van der Waals surface area contributed by atoms with Crippen LogP contribution in [0.1, 0.15) is 33.1 Å². The second-order valence-corrected chi connectivity index (χ2v) is 3.94. The Morgan fingerprint density at radius 3 is 2.79 bits per heavy atom. The molecule has 4 nitrogen and oxygen atoms in total. The normalized spacial score (nSPS) is 29.9. The van der Waals surface area contributed by atoms with Gasteiger partial charge in [-0.2, -0.15) is 0 Å². The monoisotopic (exact) mass is 200 g/mol. The maximum absolute atomic E-state index is 10.9. The number of primary amides is 1. The first-order chi connectivity index (χ1) is 6.63. The van der Waals surface area contributed by atoms with Crippen molar-refractivity contribution >= 4 is 5.91 Å². The molecule has 3 unspecified atom stereocenters. The van der Waals surface area contributed by atoms with Crippen LogP contribution >= 0.6 is 0 Å². The summed E-state index contributed by atoms with van der Waals surface area (Å²) in [4.78, 5) is 10.9. The molecule has 14 heavy (non-hydrogen) atoms. The molecular weight excluding hydrogens is 180 g/mol. The summed E-state index contributed by atoms with van der Waals surface area (Å²) in [6, 6.07) is 0.559. The molecule has 0 bridgehead atoms. The van der Waals surface area contributed by atoms with E-state index in [2.05, 4.69) is 12.2 Å². The molecule has 1 fully saturated rings. The summed E-state index contributed by atoms with van der Waals surface area (Å²) in [5.74, 6) is -0.355. The Morgan fingerprint density at radius 1 is 1.64 bits per heavy atom. The molecule has 1 aliphatic heterocycles. The molecule has 1 aliphatic rings. The molecule has 1 heterocycles. The van der Waals surface area contributed by atoms with Crippen molar-refractivity contribution in [3.05, 3.63) is 0 Å². The molecule has 0 aromatic rings. The fourth-order valence-corrected chi connectivity index (χ4v) is 1.69. The van der Waals surface area contributed by atoms with E-state index in [1.807, 2.05) is 6.92 Å². The summed E-state index contributed by atoms with van der Waals surface area (Å²) >= 11 is 0. The summed E-state index contributed by atoms with van der Waals surface area (Å²) < 4.78 is 5.61. The lowest BCUT2D eigenvalue weighted by molar-refractivity contribution is -0.134. The van der Waals surface area contributed by atoms with Crippen molar-refractivity contribution in [1.82, 2.24) is 5.32 Å². The smallest absolute Gasteiger partial charge is 0.246 e. The van der Waals surface area contributed by atoms with E-state index in [1.165, 1.54) is 0 Å². The summed E-state index contributed by atoms with van der Waals surface area (Å²) in [6.45, 7) is 4.89. The van der Waals surface area contributed by atoms with Gasteiger partial charge < -0.3 is 15.8 Å². The van der Waals surface area contributed by atoms with Gasteiger partial charge in [0.25, 0.3) is 0 Å². The van der Waals surface area contributed by atoms with Crippen molar-refractivity contribution in [3.8, 4) is 0 Å². The van der Waals surface area contributed by atoms with E-state index in [-0.39, 0.29) is 12.0 Å². The molecule has 3 N–H and O–H groups in total. The van der Waals surface area contributed by atoms with Gasteiger partial charge in [-0.05, 0) is 26.2 Å². The second kappa shape index (κ2) is 5.32. The van der Waals surface area contributed by atoms with Gasteiger partial charge in [0.15, 0.2) is 0 Å². The predicted octanol–water partition coefficient (Wildman–Crippen LogP) is 0.407. The topological polar surface area (TPSA) is 64.3 Å². The molecule has 0 aromatic heterocycles. The highest BCUT2D eigenvalue weighted by Crippen LogP contribution is 2.13. The van der Waals surface area contributed by atoms with Crippen LogP contribution in [0.2, 0.25) is 0 Å². The van der Waals surface area contributed by atoms with Crippen LogP contribution in [0.25, 0.3) is 0 Å². The number of rotatable bonds is 4. The van der Waals surface area contributed by atoms with Crippen molar-refractivity contribution in [1.29, 1.82) is 0 Å². The highest BCUT2D eigenvalue weighted by atomic mass is 16.5. The lowest BCUT2D eigenvalue weighted by atomic mass is 10.0. The standard InChI is InChI=1S/C10H20N2O2/c1-3-9(10(11)13)14-8-5-4-7(2)12-6-8/h7-9,12H,3-6H2,1-2H3,(H2,11,13). The highest BCUT2D eigenvalue weighted by molar-refractivity contribution is 5.78. The molecule has 0 spiro atoms. The molecule has 0 aromatic carbocycles. The highest BCUT2D eigenvalue weighted by Gasteiger charge is 2.23. The van der Waals surface area contributed by atoms with Gasteiger partial charge in [-0.1, -0.05) is 6.92 Å². The van der Waals surface area contributed by atoms with Crippen LogP contribution in [0.15, 0.2) is 0 Å². The lowest BCUT2D eigenvalue weighted by Gasteiger charge is -2.29. The van der Waals surface area contributed by atoms with Crippen molar-refractivity contribution in [2.75, 3.05) is 6.54 Å². The largest absolute Gasteiger partial charge is 0.367 e. The number of hydrogen-bond acceptors (Lipinski definition) is 3. The Hall–Kier alpha value is -0.610. The zero-order chi connectivity index (χ0) is 10.6. The third-order valence-electron chi connectivity index (χ3n) is 2.66. The maximum Gasteiger partial charge on any atom is 0.246 e. The Balaban J connectivity index is 2.32. The van der Waals surface area contributed by atoms with Crippen LogP contribution in [0, 0.1) is 0 Å². The first-order valence-electron chi connectivity index (χ1n) is 5.31. The van der Waals surface area contributed by atoms with Gasteiger partial charge in [0.1, 0.15) is 6.10 Å². The molecule has 0 aliphatic carbocycles. The molecule has 1 amide bonds. The van der Waals surface area contributed by atoms with Crippen LogP contribution in [-0.4, -0.2) is 30.7 Å². The molecule has 82 valence electrons. The number of carbonyl (C=O) groups excluding carboxylic acids is 1. The Kier molecular flexibility index (Phi) is 4.35. The lowest BCUT2D eigenvalue weighted by Crippen LogP contribution is -2.44. The molecule has 0 radical (unpaired) electrons. The van der Waals surface area contributed by atoms with Gasteiger partial charge in [-0.15, -0.1) is 0 Å². The Labute approximate surface area is 85.2 Å². The second-order valence-electron chi connectivity index (χ2n) is 3.94. The van der Waals surface area contributed by atoms with E-state index < -0.39 is 6.10 Å². The number of piperidine rings is 1. The Bertz CT molecular complexity index is 189. The van der Waals surface area contributed by atoms with Crippen LogP contribution in [0.5, 0.6) is 0 Å². The van der Waals surface area contributed by atoms with Gasteiger partial charge in [0.2, 0.25) is 5.91 Å². The average molecular weight is 200 g/mol. The molecule has 1 saturated heterocycles. The van der Waals surface area contributed by atoms with Gasteiger partial charge in [0.05, 0.1) is 6.10 Å². The first-order valence-corrected chi connectivity index (χ1v) is 5.31. The van der Waals surface area contributed by atoms with Gasteiger partial charge in [0, 0.05) is 12.6 Å². The summed E-state index contributed by atoms with van der Waals surface area (Å²) in [7, 11) is 0. The molecule has 3 atom stereocenters. The summed E-state index contributed by atoms with van der Waals surface area (Å²) in [5.41, 5.74) is 5.21. The van der Waals surface area contributed by atoms with Gasteiger partial charge >= 0.3 is 0 Å². The Morgan fingerprint density at radius 2 is 2.36 bits per heavy atom. The number of nitrogens with one attached hydrogen (secondary N) is 1. The SMILES string of the molecule is CCC(OC1CCC(C)NC1)C(N)=O. The summed E-state index contributed by atoms with van der Waals surface area (Å²) in [6.07, 6.45) is 2.48. The third kappa shape index (κ3) is 3.27. The average Bonchev–Trinajstić information content (AvgIpc) is 2.16. The third-order valence-corrected chi connectivity index (χ3v) is 2.66. The summed E-state index contributed by atoms with van der Waals surface area (Å²) in [5, 5.41) is 3.32. The number of amides is 1.